The van der Waals surface area contributed by atoms with Gasteiger partial charge in [0.25, 0.3) is 0 Å². The molecule has 0 radical (unpaired) electrons. The molecule has 5 atom stereocenters. The molecule has 2 rings (SSSR count). The van der Waals surface area contributed by atoms with Crippen molar-refractivity contribution >= 4 is 0 Å². The van der Waals surface area contributed by atoms with Gasteiger partial charge in [0.1, 0.15) is 19.3 Å². The largest absolute Gasteiger partial charge is 0.497 e. The Morgan fingerprint density at radius 2 is 1.02 bits per heavy atom. The fraction of sp³-hybridized carbons (Fsp3) is 0.696. The van der Waals surface area contributed by atoms with Gasteiger partial charge < -0.3 is 38.3 Å². The zero-order chi connectivity index (χ0) is 38.9. The first-order valence-electron chi connectivity index (χ1n) is 20.9. The molecule has 8 heteroatoms. The molecule has 0 unspecified atom stereocenters. The average molecular weight is 757 g/mol. The summed E-state index contributed by atoms with van der Waals surface area (Å²) >= 11 is 0. The van der Waals surface area contributed by atoms with Gasteiger partial charge in [-0.1, -0.05) is 139 Å². The summed E-state index contributed by atoms with van der Waals surface area (Å²) < 4.78 is 41.7. The number of aliphatic hydroxyl groups excluding tert-OH is 1. The van der Waals surface area contributed by atoms with Gasteiger partial charge >= 0.3 is 0 Å². The van der Waals surface area contributed by atoms with E-state index in [-0.39, 0.29) is 38.0 Å². The van der Waals surface area contributed by atoms with E-state index in [1.54, 1.807) is 27.4 Å². The molecule has 0 fully saturated rings. The number of aliphatic hydroxyl groups is 1. The van der Waals surface area contributed by atoms with Crippen LogP contribution in [0.5, 0.6) is 5.75 Å². The lowest BCUT2D eigenvalue weighted by Crippen LogP contribution is -2.33. The normalized spacial score (nSPS) is 14.4. The minimum Gasteiger partial charge on any atom is -0.497 e. The second-order valence-corrected chi connectivity index (χ2v) is 14.7. The van der Waals surface area contributed by atoms with E-state index in [4.69, 9.17) is 33.2 Å². The molecular weight excluding hydrogens is 680 g/mol. The maximum Gasteiger partial charge on any atom is 0.146 e. The summed E-state index contributed by atoms with van der Waals surface area (Å²) in [5.74, 6) is 0.816. The van der Waals surface area contributed by atoms with Crippen molar-refractivity contribution in [3.05, 3.63) is 78.4 Å². The van der Waals surface area contributed by atoms with Crippen molar-refractivity contribution in [1.29, 1.82) is 0 Å². The van der Waals surface area contributed by atoms with Crippen LogP contribution in [0.3, 0.4) is 0 Å². The highest BCUT2D eigenvalue weighted by atomic mass is 16.7. The molecule has 0 spiro atoms. The van der Waals surface area contributed by atoms with Crippen LogP contribution >= 0.6 is 0 Å². The first-order chi connectivity index (χ1) is 26.5. The standard InChI is InChI=1S/C46H76O8/c1-6-8-9-10-11-12-13-14-15-16-17-18-22-26-43(51-35-39-24-20-19-21-25-39)32-45(52-36-40-27-29-42(50-5)30-28-40)34-46(54-38-49-4)33-44(53-37-48-3)31-41(47)23-7-2/h7,19-21,24-25,27-30,41,43-47H,2,6,8-18,22-23,26,31-38H2,1,3-5H3/t41-,43-,44-,45+,46-/m1/s1. The third kappa shape index (κ3) is 24.3. The van der Waals surface area contributed by atoms with E-state index in [0.29, 0.717) is 38.9 Å². The highest BCUT2D eigenvalue weighted by Crippen LogP contribution is 2.25. The van der Waals surface area contributed by atoms with E-state index in [0.717, 1.165) is 30.6 Å². The van der Waals surface area contributed by atoms with E-state index in [2.05, 4.69) is 37.8 Å². The Morgan fingerprint density at radius 1 is 0.556 bits per heavy atom. The van der Waals surface area contributed by atoms with Crippen molar-refractivity contribution in [2.24, 2.45) is 0 Å². The monoisotopic (exact) mass is 757 g/mol. The molecule has 0 heterocycles. The van der Waals surface area contributed by atoms with Crippen LogP contribution in [0.4, 0.5) is 0 Å². The van der Waals surface area contributed by atoms with E-state index < -0.39 is 6.10 Å². The topological polar surface area (TPSA) is 84.8 Å². The van der Waals surface area contributed by atoms with E-state index >= 15 is 0 Å². The number of ether oxygens (including phenoxy) is 7. The predicted octanol–water partition coefficient (Wildman–Crippen LogP) is 11.1. The van der Waals surface area contributed by atoms with Crippen LogP contribution in [0.2, 0.25) is 0 Å². The molecule has 0 aliphatic carbocycles. The number of methoxy groups -OCH3 is 3. The first-order valence-corrected chi connectivity index (χ1v) is 20.9. The van der Waals surface area contributed by atoms with Gasteiger partial charge in [-0.3, -0.25) is 0 Å². The smallest absolute Gasteiger partial charge is 0.146 e. The van der Waals surface area contributed by atoms with Gasteiger partial charge in [-0.05, 0) is 48.9 Å². The summed E-state index contributed by atoms with van der Waals surface area (Å²) in [5.41, 5.74) is 2.24. The minimum absolute atomic E-state index is 0.0248. The van der Waals surface area contributed by atoms with Crippen LogP contribution in [-0.2, 0) is 41.6 Å². The van der Waals surface area contributed by atoms with E-state index in [1.807, 2.05) is 30.3 Å². The van der Waals surface area contributed by atoms with Crippen LogP contribution in [0.25, 0.3) is 0 Å². The molecule has 0 amide bonds. The third-order valence-corrected chi connectivity index (χ3v) is 10.00. The Kier molecular flexibility index (Phi) is 29.2. The maximum absolute atomic E-state index is 10.6. The Hall–Kier alpha value is -2.30. The van der Waals surface area contributed by atoms with Crippen molar-refractivity contribution in [3.63, 3.8) is 0 Å². The average Bonchev–Trinajstić information content (AvgIpc) is 3.19. The third-order valence-electron chi connectivity index (χ3n) is 10.00. The van der Waals surface area contributed by atoms with Gasteiger partial charge in [-0.15, -0.1) is 6.58 Å². The summed E-state index contributed by atoms with van der Waals surface area (Å²) in [6.45, 7) is 7.36. The number of benzene rings is 2. The zero-order valence-electron chi connectivity index (χ0n) is 34.4. The summed E-state index contributed by atoms with van der Waals surface area (Å²) in [6, 6.07) is 18.4. The minimum atomic E-state index is -0.564. The molecule has 8 nitrogen and oxygen atoms in total. The quantitative estimate of drug-likeness (QED) is 0.0414. The maximum atomic E-state index is 10.6. The number of hydrogen-bond acceptors (Lipinski definition) is 8. The van der Waals surface area contributed by atoms with Crippen molar-refractivity contribution in [3.8, 4) is 5.75 Å². The molecule has 2 aromatic carbocycles. The highest BCUT2D eigenvalue weighted by molar-refractivity contribution is 5.26. The van der Waals surface area contributed by atoms with Crippen LogP contribution in [-0.4, -0.2) is 70.5 Å². The van der Waals surface area contributed by atoms with Gasteiger partial charge in [0, 0.05) is 27.1 Å². The second-order valence-electron chi connectivity index (χ2n) is 14.7. The fourth-order valence-corrected chi connectivity index (χ4v) is 6.88. The van der Waals surface area contributed by atoms with Crippen LogP contribution in [0, 0.1) is 0 Å². The number of rotatable bonds is 37. The van der Waals surface area contributed by atoms with Gasteiger partial charge in [-0.25, -0.2) is 0 Å². The molecular formula is C46H76O8. The molecule has 0 aromatic heterocycles. The van der Waals surface area contributed by atoms with E-state index in [1.165, 1.54) is 82.6 Å². The molecule has 1 N–H and O–H groups in total. The Bertz CT molecular complexity index is 1110. The predicted molar refractivity (Wildman–Crippen MR) is 220 cm³/mol. The lowest BCUT2D eigenvalue weighted by Gasteiger charge is -2.30. The summed E-state index contributed by atoms with van der Waals surface area (Å²) in [5, 5.41) is 10.6. The van der Waals surface area contributed by atoms with Crippen molar-refractivity contribution in [2.75, 3.05) is 34.9 Å². The number of hydrogen-bond donors (Lipinski definition) is 1. The Morgan fingerprint density at radius 3 is 1.54 bits per heavy atom. The molecule has 2 aromatic rings. The summed E-state index contributed by atoms with van der Waals surface area (Å²) in [7, 11) is 4.91. The molecule has 0 saturated carbocycles. The lowest BCUT2D eigenvalue weighted by atomic mass is 9.96. The van der Waals surface area contributed by atoms with Gasteiger partial charge in [-0.2, -0.15) is 0 Å². The molecule has 54 heavy (non-hydrogen) atoms. The highest BCUT2D eigenvalue weighted by Gasteiger charge is 2.27. The van der Waals surface area contributed by atoms with Gasteiger partial charge in [0.15, 0.2) is 0 Å². The van der Waals surface area contributed by atoms with Crippen LogP contribution in [0.1, 0.15) is 140 Å². The Balaban J connectivity index is 2.11. The lowest BCUT2D eigenvalue weighted by molar-refractivity contribution is -0.134. The Labute approximate surface area is 329 Å². The molecule has 0 aliphatic rings. The first kappa shape index (κ1) is 47.9. The van der Waals surface area contributed by atoms with Gasteiger partial charge in [0.05, 0.1) is 50.8 Å². The van der Waals surface area contributed by atoms with E-state index in [9.17, 15) is 5.11 Å². The van der Waals surface area contributed by atoms with Crippen molar-refractivity contribution in [2.45, 2.75) is 173 Å². The molecule has 0 saturated heterocycles. The molecule has 0 bridgehead atoms. The van der Waals surface area contributed by atoms with Crippen molar-refractivity contribution in [1.82, 2.24) is 0 Å². The van der Waals surface area contributed by atoms with Gasteiger partial charge in [0.2, 0.25) is 0 Å². The molecule has 308 valence electrons. The van der Waals surface area contributed by atoms with Crippen molar-refractivity contribution < 1.29 is 38.3 Å². The SMILES string of the molecule is C=CC[C@@H](O)C[C@H](C[C@H](C[C@H](C[C@@H](CCCCCCCCCCCCCCC)OCc1ccccc1)OCc1ccc(OC)cc1)OCOC)OCOC. The second kappa shape index (κ2) is 32.9. The summed E-state index contributed by atoms with van der Waals surface area (Å²) in [4.78, 5) is 0. The zero-order valence-corrected chi connectivity index (χ0v) is 34.4. The summed E-state index contributed by atoms with van der Waals surface area (Å²) in [6.07, 6.45) is 21.6. The van der Waals surface area contributed by atoms with Crippen LogP contribution < -0.4 is 4.74 Å². The fourth-order valence-electron chi connectivity index (χ4n) is 6.88. The van der Waals surface area contributed by atoms with Crippen LogP contribution in [0.15, 0.2) is 67.3 Å². The number of unbranched alkanes of at least 4 members (excludes halogenated alkanes) is 12. The molecule has 0 aliphatic heterocycles.